The molecule has 21 heavy (non-hydrogen) atoms. The van der Waals surface area contributed by atoms with Crippen LogP contribution in [0.2, 0.25) is 0 Å². The highest BCUT2D eigenvalue weighted by Gasteiger charge is 2.51. The fourth-order valence-corrected chi connectivity index (χ4v) is 2.69. The smallest absolute Gasteiger partial charge is 0.277 e. The van der Waals surface area contributed by atoms with Crippen molar-refractivity contribution in [2.45, 2.75) is 33.1 Å². The van der Waals surface area contributed by atoms with E-state index in [4.69, 9.17) is 0 Å². The molecule has 1 heterocycles. The van der Waals surface area contributed by atoms with Crippen LogP contribution in [-0.4, -0.2) is 29.3 Å². The van der Waals surface area contributed by atoms with Crippen molar-refractivity contribution in [3.05, 3.63) is 35.9 Å². The molecule has 112 valence electrons. The predicted octanol–water partition coefficient (Wildman–Crippen LogP) is 2.11. The topological polar surface area (TPSA) is 66.5 Å². The first-order valence-corrected chi connectivity index (χ1v) is 7.26. The van der Waals surface area contributed by atoms with Crippen molar-refractivity contribution >= 4 is 17.8 Å². The number of amides is 4. The molecule has 1 aromatic carbocycles. The van der Waals surface area contributed by atoms with Crippen LogP contribution in [0.3, 0.4) is 0 Å². The molecule has 1 N–H and O–H groups in total. The van der Waals surface area contributed by atoms with Gasteiger partial charge >= 0.3 is 6.03 Å². The molecule has 0 aliphatic carbocycles. The number of imide groups is 2. The molecule has 1 aliphatic heterocycles. The molecule has 1 aromatic rings. The van der Waals surface area contributed by atoms with Gasteiger partial charge in [0.1, 0.15) is 5.41 Å². The van der Waals surface area contributed by atoms with Crippen LogP contribution >= 0.6 is 0 Å². The molecule has 0 saturated carbocycles. The number of nitrogens with zero attached hydrogens (tertiary/aromatic N) is 1. The van der Waals surface area contributed by atoms with Crippen LogP contribution in [0.25, 0.3) is 0 Å². The molecule has 0 bridgehead atoms. The van der Waals surface area contributed by atoms with Crippen molar-refractivity contribution in [3.8, 4) is 0 Å². The largest absolute Gasteiger partial charge is 0.330 e. The van der Waals surface area contributed by atoms with Crippen molar-refractivity contribution in [2.24, 2.45) is 5.41 Å². The van der Waals surface area contributed by atoms with E-state index in [2.05, 4.69) is 5.32 Å². The lowest BCUT2D eigenvalue weighted by Crippen LogP contribution is -2.63. The van der Waals surface area contributed by atoms with Gasteiger partial charge in [0.2, 0.25) is 11.8 Å². The van der Waals surface area contributed by atoms with Crippen LogP contribution in [-0.2, 0) is 16.0 Å². The summed E-state index contributed by atoms with van der Waals surface area (Å²) in [4.78, 5) is 37.7. The zero-order valence-electron chi connectivity index (χ0n) is 12.4. The first-order valence-electron chi connectivity index (χ1n) is 7.26. The molecule has 1 aliphatic rings. The van der Waals surface area contributed by atoms with Gasteiger partial charge in [-0.15, -0.1) is 0 Å². The average Bonchev–Trinajstić information content (AvgIpc) is 2.49. The van der Waals surface area contributed by atoms with Gasteiger partial charge in [0.05, 0.1) is 0 Å². The Morgan fingerprint density at radius 3 is 2.24 bits per heavy atom. The monoisotopic (exact) mass is 288 g/mol. The summed E-state index contributed by atoms with van der Waals surface area (Å²) in [7, 11) is 0. The Hall–Kier alpha value is -2.17. The maximum atomic E-state index is 12.6. The summed E-state index contributed by atoms with van der Waals surface area (Å²) in [6, 6.07) is 9.03. The molecule has 4 amide bonds. The standard InChI is InChI=1S/C16H20N2O3/c1-3-16(4-2)13(19)17-15(21)18(14(16)20)11-10-12-8-6-5-7-9-12/h5-9H,3-4,10-11H2,1-2H3,(H,17,19,21). The van der Waals surface area contributed by atoms with E-state index >= 15 is 0 Å². The van der Waals surface area contributed by atoms with E-state index in [1.54, 1.807) is 13.8 Å². The summed E-state index contributed by atoms with van der Waals surface area (Å²) < 4.78 is 0. The third-order valence-corrected chi connectivity index (χ3v) is 4.23. The number of carbonyl (C=O) groups is 3. The number of hydrogen-bond acceptors (Lipinski definition) is 3. The highest BCUT2D eigenvalue weighted by Crippen LogP contribution is 2.32. The summed E-state index contributed by atoms with van der Waals surface area (Å²) >= 11 is 0. The number of rotatable bonds is 5. The van der Waals surface area contributed by atoms with E-state index < -0.39 is 17.4 Å². The molecular weight excluding hydrogens is 268 g/mol. The number of urea groups is 1. The van der Waals surface area contributed by atoms with Gasteiger partial charge in [0.25, 0.3) is 0 Å². The lowest BCUT2D eigenvalue weighted by atomic mass is 9.78. The average molecular weight is 288 g/mol. The van der Waals surface area contributed by atoms with E-state index in [0.717, 1.165) is 5.56 Å². The van der Waals surface area contributed by atoms with Crippen LogP contribution < -0.4 is 5.32 Å². The maximum absolute atomic E-state index is 12.6. The number of barbiturate groups is 1. The Balaban J connectivity index is 2.16. The predicted molar refractivity (Wildman–Crippen MR) is 78.4 cm³/mol. The van der Waals surface area contributed by atoms with Gasteiger partial charge < -0.3 is 0 Å². The molecule has 0 radical (unpaired) electrons. The summed E-state index contributed by atoms with van der Waals surface area (Å²) in [5, 5.41) is 2.32. The molecule has 0 spiro atoms. The zero-order valence-corrected chi connectivity index (χ0v) is 12.4. The van der Waals surface area contributed by atoms with E-state index in [1.165, 1.54) is 4.90 Å². The van der Waals surface area contributed by atoms with Crippen LogP contribution in [0.15, 0.2) is 30.3 Å². The highest BCUT2D eigenvalue weighted by atomic mass is 16.2. The molecular formula is C16H20N2O3. The van der Waals surface area contributed by atoms with E-state index in [9.17, 15) is 14.4 Å². The molecule has 0 atom stereocenters. The maximum Gasteiger partial charge on any atom is 0.330 e. The molecule has 0 unspecified atom stereocenters. The van der Waals surface area contributed by atoms with Crippen molar-refractivity contribution in [3.63, 3.8) is 0 Å². The number of hydrogen-bond donors (Lipinski definition) is 1. The van der Waals surface area contributed by atoms with Crippen LogP contribution in [0.5, 0.6) is 0 Å². The van der Waals surface area contributed by atoms with Crippen molar-refractivity contribution < 1.29 is 14.4 Å². The van der Waals surface area contributed by atoms with E-state index in [-0.39, 0.29) is 12.5 Å². The Bertz CT molecular complexity index is 550. The quantitative estimate of drug-likeness (QED) is 0.844. The van der Waals surface area contributed by atoms with Crippen molar-refractivity contribution in [1.29, 1.82) is 0 Å². The summed E-state index contributed by atoms with van der Waals surface area (Å²) in [6.45, 7) is 3.88. The molecule has 5 heteroatoms. The lowest BCUT2D eigenvalue weighted by molar-refractivity contribution is -0.152. The van der Waals surface area contributed by atoms with E-state index in [0.29, 0.717) is 19.3 Å². The van der Waals surface area contributed by atoms with Gasteiger partial charge in [-0.3, -0.25) is 19.8 Å². The molecule has 2 rings (SSSR count). The number of carbonyl (C=O) groups excluding carboxylic acids is 3. The zero-order chi connectivity index (χ0) is 15.5. The van der Waals surface area contributed by atoms with Gasteiger partial charge in [-0.05, 0) is 24.8 Å². The van der Waals surface area contributed by atoms with Gasteiger partial charge in [-0.1, -0.05) is 44.2 Å². The fraction of sp³-hybridized carbons (Fsp3) is 0.438. The Morgan fingerprint density at radius 1 is 1.05 bits per heavy atom. The third-order valence-electron chi connectivity index (χ3n) is 4.23. The molecule has 5 nitrogen and oxygen atoms in total. The van der Waals surface area contributed by atoms with Gasteiger partial charge in [-0.25, -0.2) is 4.79 Å². The van der Waals surface area contributed by atoms with Gasteiger partial charge in [-0.2, -0.15) is 0 Å². The number of nitrogens with one attached hydrogen (secondary N) is 1. The summed E-state index contributed by atoms with van der Waals surface area (Å²) in [6.07, 6.45) is 1.37. The first kappa shape index (κ1) is 15.2. The van der Waals surface area contributed by atoms with Crippen molar-refractivity contribution in [1.82, 2.24) is 10.2 Å². The molecule has 0 aromatic heterocycles. The minimum atomic E-state index is -1.11. The first-order chi connectivity index (χ1) is 10.0. The second-order valence-corrected chi connectivity index (χ2v) is 5.24. The Morgan fingerprint density at radius 2 is 1.67 bits per heavy atom. The minimum Gasteiger partial charge on any atom is -0.277 e. The normalized spacial score (nSPS) is 17.8. The second kappa shape index (κ2) is 6.08. The molecule has 1 fully saturated rings. The lowest BCUT2D eigenvalue weighted by Gasteiger charge is -2.38. The Kier molecular flexibility index (Phi) is 4.40. The third kappa shape index (κ3) is 2.68. The van der Waals surface area contributed by atoms with Crippen LogP contribution in [0, 0.1) is 5.41 Å². The minimum absolute atomic E-state index is 0.281. The van der Waals surface area contributed by atoms with E-state index in [1.807, 2.05) is 30.3 Å². The van der Waals surface area contributed by atoms with Crippen LogP contribution in [0.4, 0.5) is 4.79 Å². The Labute approximate surface area is 124 Å². The second-order valence-electron chi connectivity index (χ2n) is 5.24. The molecule has 1 saturated heterocycles. The van der Waals surface area contributed by atoms with Crippen LogP contribution in [0.1, 0.15) is 32.3 Å². The summed E-state index contributed by atoms with van der Waals surface area (Å²) in [5.74, 6) is -0.851. The van der Waals surface area contributed by atoms with Crippen molar-refractivity contribution in [2.75, 3.05) is 6.54 Å². The summed E-state index contributed by atoms with van der Waals surface area (Å²) in [5.41, 5.74) is -0.0569. The SMILES string of the molecule is CCC1(CC)C(=O)NC(=O)N(CCc2ccccc2)C1=O. The van der Waals surface area contributed by atoms with Gasteiger partial charge in [0.15, 0.2) is 0 Å². The van der Waals surface area contributed by atoms with Gasteiger partial charge in [0, 0.05) is 6.54 Å². The highest BCUT2D eigenvalue weighted by molar-refractivity contribution is 6.19. The fourth-order valence-electron chi connectivity index (χ4n) is 2.69. The number of benzene rings is 1.